The molecule has 1 heterocycles. The van der Waals surface area contributed by atoms with E-state index >= 15 is 0 Å². The fourth-order valence-corrected chi connectivity index (χ4v) is 3.30. The van der Waals surface area contributed by atoms with Crippen LogP contribution in [0.15, 0.2) is 52.0 Å². The van der Waals surface area contributed by atoms with E-state index < -0.39 is 5.92 Å². The monoisotopic (exact) mass is 413 g/mol. The topological polar surface area (TPSA) is 61.8 Å². The smallest absolute Gasteiger partial charge is 0.245 e. The minimum atomic E-state index is -0.398. The molecule has 2 aromatic carbocycles. The molecule has 134 valence electrons. The molecule has 1 N–H and O–H groups in total. The number of carbonyl (C=O) groups is 2. The number of aryl methyl sites for hydroxylation is 2. The van der Waals surface area contributed by atoms with Gasteiger partial charge in [-0.25, -0.2) is 5.43 Å². The molecule has 1 aliphatic heterocycles. The number of benzene rings is 2. The predicted molar refractivity (Wildman–Crippen MR) is 106 cm³/mol. The third-order valence-electron chi connectivity index (χ3n) is 4.40. The first-order valence-electron chi connectivity index (χ1n) is 8.40. The minimum absolute atomic E-state index is 0.0333. The van der Waals surface area contributed by atoms with Crippen LogP contribution in [0.4, 0.5) is 5.69 Å². The summed E-state index contributed by atoms with van der Waals surface area (Å²) in [7, 11) is 0. The van der Waals surface area contributed by atoms with Gasteiger partial charge in [0.1, 0.15) is 0 Å². The number of amides is 2. The molecule has 1 saturated heterocycles. The van der Waals surface area contributed by atoms with Crippen molar-refractivity contribution >= 4 is 39.6 Å². The number of rotatable bonds is 4. The second kappa shape index (κ2) is 7.83. The van der Waals surface area contributed by atoms with Crippen LogP contribution >= 0.6 is 15.9 Å². The Bertz CT molecular complexity index is 862. The fourth-order valence-electron chi connectivity index (χ4n) is 3.03. The molecule has 0 saturated carbocycles. The third-order valence-corrected chi connectivity index (χ3v) is 4.93. The maximum atomic E-state index is 12.4. The fraction of sp³-hybridized carbons (Fsp3) is 0.250. The summed E-state index contributed by atoms with van der Waals surface area (Å²) in [5.41, 5.74) is 6.48. The maximum Gasteiger partial charge on any atom is 0.245 e. The normalized spacial score (nSPS) is 17.1. The van der Waals surface area contributed by atoms with Crippen molar-refractivity contribution < 1.29 is 9.59 Å². The minimum Gasteiger partial charge on any atom is -0.311 e. The van der Waals surface area contributed by atoms with E-state index in [1.807, 2.05) is 56.3 Å². The number of halogens is 1. The highest BCUT2D eigenvalue weighted by atomic mass is 79.9. The second-order valence-corrected chi connectivity index (χ2v) is 7.40. The standard InChI is InChI=1S/C20H20BrN3O2/c1-13-3-8-18(14(2)9-13)24-12-16(10-19(24)25)20(26)23-22-11-15-4-6-17(21)7-5-15/h3-9,11,16H,10,12H2,1-2H3,(H,23,26)/t16-/m0/s1. The lowest BCUT2D eigenvalue weighted by Crippen LogP contribution is -2.30. The van der Waals surface area contributed by atoms with Crippen LogP contribution in [0.3, 0.4) is 0 Å². The molecule has 5 nitrogen and oxygen atoms in total. The molecule has 0 bridgehead atoms. The van der Waals surface area contributed by atoms with Gasteiger partial charge >= 0.3 is 0 Å². The average Bonchev–Trinajstić information content (AvgIpc) is 2.98. The summed E-state index contributed by atoms with van der Waals surface area (Å²) in [6, 6.07) is 13.5. The van der Waals surface area contributed by atoms with Crippen molar-refractivity contribution in [2.45, 2.75) is 20.3 Å². The van der Waals surface area contributed by atoms with Crippen LogP contribution in [-0.2, 0) is 9.59 Å². The summed E-state index contributed by atoms with van der Waals surface area (Å²) in [6.07, 6.45) is 1.79. The van der Waals surface area contributed by atoms with Crippen LogP contribution in [0, 0.1) is 19.8 Å². The lowest BCUT2D eigenvalue weighted by Gasteiger charge is -2.19. The molecular weight excluding hydrogens is 394 g/mol. The lowest BCUT2D eigenvalue weighted by atomic mass is 10.1. The maximum absolute atomic E-state index is 12.4. The van der Waals surface area contributed by atoms with E-state index in [0.29, 0.717) is 6.54 Å². The van der Waals surface area contributed by atoms with Crippen LogP contribution in [0.5, 0.6) is 0 Å². The number of hydrazone groups is 1. The Hall–Kier alpha value is -2.47. The van der Waals surface area contributed by atoms with Crippen molar-refractivity contribution in [3.63, 3.8) is 0 Å². The van der Waals surface area contributed by atoms with Crippen molar-refractivity contribution in [2.24, 2.45) is 11.0 Å². The van der Waals surface area contributed by atoms with E-state index in [4.69, 9.17) is 0 Å². The molecule has 2 amide bonds. The summed E-state index contributed by atoms with van der Waals surface area (Å²) in [4.78, 5) is 26.4. The first-order valence-corrected chi connectivity index (χ1v) is 9.19. The number of nitrogens with zero attached hydrogens (tertiary/aromatic N) is 2. The molecule has 0 aromatic heterocycles. The Morgan fingerprint density at radius 3 is 2.65 bits per heavy atom. The van der Waals surface area contributed by atoms with Crippen LogP contribution < -0.4 is 10.3 Å². The zero-order valence-corrected chi connectivity index (χ0v) is 16.3. The van der Waals surface area contributed by atoms with Crippen LogP contribution in [0.1, 0.15) is 23.1 Å². The van der Waals surface area contributed by atoms with Gasteiger partial charge in [0.2, 0.25) is 11.8 Å². The van der Waals surface area contributed by atoms with E-state index in [9.17, 15) is 9.59 Å². The van der Waals surface area contributed by atoms with Crippen molar-refractivity contribution in [3.05, 3.63) is 63.6 Å². The predicted octanol–water partition coefficient (Wildman–Crippen LogP) is 3.57. The zero-order valence-electron chi connectivity index (χ0n) is 14.7. The summed E-state index contributed by atoms with van der Waals surface area (Å²) >= 11 is 3.37. The van der Waals surface area contributed by atoms with Gasteiger partial charge in [-0.3, -0.25) is 9.59 Å². The van der Waals surface area contributed by atoms with Crippen LogP contribution in [0.25, 0.3) is 0 Å². The molecule has 0 aliphatic carbocycles. The first-order chi connectivity index (χ1) is 12.4. The van der Waals surface area contributed by atoms with Crippen LogP contribution in [-0.4, -0.2) is 24.6 Å². The summed E-state index contributed by atoms with van der Waals surface area (Å²) in [5.74, 6) is -0.668. The molecule has 0 spiro atoms. The molecule has 2 aromatic rings. The number of hydrogen-bond acceptors (Lipinski definition) is 3. The molecular formula is C20H20BrN3O2. The summed E-state index contributed by atoms with van der Waals surface area (Å²) in [6.45, 7) is 4.37. The number of carbonyl (C=O) groups excluding carboxylic acids is 2. The van der Waals surface area contributed by atoms with Crippen LogP contribution in [0.2, 0.25) is 0 Å². The molecule has 1 aliphatic rings. The van der Waals surface area contributed by atoms with Gasteiger partial charge in [0.05, 0.1) is 12.1 Å². The van der Waals surface area contributed by atoms with Crippen molar-refractivity contribution in [1.82, 2.24) is 5.43 Å². The highest BCUT2D eigenvalue weighted by Crippen LogP contribution is 2.28. The van der Waals surface area contributed by atoms with Crippen molar-refractivity contribution in [2.75, 3.05) is 11.4 Å². The molecule has 26 heavy (non-hydrogen) atoms. The average molecular weight is 414 g/mol. The van der Waals surface area contributed by atoms with Gasteiger partial charge < -0.3 is 4.90 Å². The van der Waals surface area contributed by atoms with E-state index in [1.54, 1.807) is 11.1 Å². The van der Waals surface area contributed by atoms with E-state index in [2.05, 4.69) is 26.5 Å². The van der Waals surface area contributed by atoms with Gasteiger partial charge in [-0.05, 0) is 43.2 Å². The van der Waals surface area contributed by atoms with Gasteiger partial charge in [0, 0.05) is 23.1 Å². The van der Waals surface area contributed by atoms with E-state index in [0.717, 1.165) is 26.9 Å². The SMILES string of the molecule is Cc1ccc(N2C[C@@H](C(=O)NN=Cc3ccc(Br)cc3)CC2=O)c(C)c1. The first kappa shape index (κ1) is 18.3. The lowest BCUT2D eigenvalue weighted by molar-refractivity contribution is -0.126. The van der Waals surface area contributed by atoms with E-state index in [1.165, 1.54) is 0 Å². The Balaban J connectivity index is 1.62. The molecule has 0 radical (unpaired) electrons. The van der Waals surface area contributed by atoms with Gasteiger partial charge in [-0.2, -0.15) is 5.10 Å². The second-order valence-electron chi connectivity index (χ2n) is 6.48. The Labute approximate surface area is 161 Å². The molecule has 0 unspecified atom stereocenters. The number of nitrogens with one attached hydrogen (secondary N) is 1. The Morgan fingerprint density at radius 1 is 1.23 bits per heavy atom. The largest absolute Gasteiger partial charge is 0.311 e. The highest BCUT2D eigenvalue weighted by Gasteiger charge is 2.35. The summed E-state index contributed by atoms with van der Waals surface area (Å²) in [5, 5.41) is 4.00. The Morgan fingerprint density at radius 2 is 1.96 bits per heavy atom. The molecule has 1 atom stereocenters. The highest BCUT2D eigenvalue weighted by molar-refractivity contribution is 9.10. The third kappa shape index (κ3) is 4.19. The zero-order chi connectivity index (χ0) is 18.7. The number of anilines is 1. The molecule has 6 heteroatoms. The van der Waals surface area contributed by atoms with Gasteiger partial charge in [0.25, 0.3) is 0 Å². The molecule has 1 fully saturated rings. The number of hydrogen-bond donors (Lipinski definition) is 1. The summed E-state index contributed by atoms with van der Waals surface area (Å²) < 4.78 is 0.981. The van der Waals surface area contributed by atoms with Gasteiger partial charge in [0.15, 0.2) is 0 Å². The molecule has 3 rings (SSSR count). The van der Waals surface area contributed by atoms with Gasteiger partial charge in [-0.15, -0.1) is 0 Å². The van der Waals surface area contributed by atoms with Crippen molar-refractivity contribution in [1.29, 1.82) is 0 Å². The van der Waals surface area contributed by atoms with Crippen molar-refractivity contribution in [3.8, 4) is 0 Å². The quantitative estimate of drug-likeness (QED) is 0.614. The Kier molecular flexibility index (Phi) is 5.52. The van der Waals surface area contributed by atoms with E-state index in [-0.39, 0.29) is 18.2 Å². The van der Waals surface area contributed by atoms with Gasteiger partial charge in [-0.1, -0.05) is 45.8 Å².